The summed E-state index contributed by atoms with van der Waals surface area (Å²) in [6.45, 7) is 7.71. The molecule has 0 aromatic carbocycles. The number of aromatic nitrogens is 3. The molecule has 0 amide bonds. The summed E-state index contributed by atoms with van der Waals surface area (Å²) >= 11 is 0. The minimum absolute atomic E-state index is 0.180. The zero-order valence-corrected chi connectivity index (χ0v) is 11.3. The van der Waals surface area contributed by atoms with Crippen molar-refractivity contribution in [1.82, 2.24) is 14.5 Å². The van der Waals surface area contributed by atoms with E-state index in [2.05, 4.69) is 35.3 Å². The summed E-state index contributed by atoms with van der Waals surface area (Å²) in [4.78, 5) is 9.06. The summed E-state index contributed by atoms with van der Waals surface area (Å²) in [6.07, 6.45) is 3.34. The fraction of sp³-hybridized carbons (Fsp3) is 0.571. The van der Waals surface area contributed by atoms with E-state index in [-0.39, 0.29) is 12.0 Å². The molecule has 0 spiro atoms. The summed E-state index contributed by atoms with van der Waals surface area (Å²) < 4.78 is 2.19. The molecule has 1 N–H and O–H groups in total. The molecule has 98 valence electrons. The Morgan fingerprint density at radius 1 is 1.33 bits per heavy atom. The van der Waals surface area contributed by atoms with Gasteiger partial charge < -0.3 is 9.67 Å². The fourth-order valence-corrected chi connectivity index (χ4v) is 2.07. The van der Waals surface area contributed by atoms with Crippen LogP contribution >= 0.6 is 0 Å². The molecule has 0 aliphatic rings. The van der Waals surface area contributed by atoms with Gasteiger partial charge in [-0.2, -0.15) is 0 Å². The second-order valence-electron chi connectivity index (χ2n) is 5.85. The van der Waals surface area contributed by atoms with E-state index in [1.807, 2.05) is 12.1 Å². The van der Waals surface area contributed by atoms with Crippen molar-refractivity contribution in [2.24, 2.45) is 5.41 Å². The van der Waals surface area contributed by atoms with Crippen LogP contribution in [0.3, 0.4) is 0 Å². The Kier molecular flexibility index (Phi) is 3.66. The number of fused-ring (bicyclic) bond motifs is 1. The molecular weight excluding hydrogens is 226 g/mol. The molecule has 0 radical (unpaired) electrons. The number of nitrogens with zero attached hydrogens (tertiary/aromatic N) is 3. The summed E-state index contributed by atoms with van der Waals surface area (Å²) in [7, 11) is 0. The molecular formula is C14H21N3O. The number of aliphatic hydroxyl groups excluding tert-OH is 1. The predicted octanol–water partition coefficient (Wildman–Crippen LogP) is 2.40. The molecule has 0 aliphatic carbocycles. The molecule has 2 aromatic heterocycles. The van der Waals surface area contributed by atoms with E-state index in [9.17, 15) is 0 Å². The third-order valence-electron chi connectivity index (χ3n) is 2.77. The molecule has 4 heteroatoms. The van der Waals surface area contributed by atoms with Gasteiger partial charge in [0.2, 0.25) is 0 Å². The number of hydrogen-bond acceptors (Lipinski definition) is 3. The van der Waals surface area contributed by atoms with Crippen LogP contribution in [0.2, 0.25) is 0 Å². The quantitative estimate of drug-likeness (QED) is 0.902. The van der Waals surface area contributed by atoms with Crippen molar-refractivity contribution in [3.8, 4) is 0 Å². The van der Waals surface area contributed by atoms with Crippen LogP contribution in [-0.4, -0.2) is 26.2 Å². The third-order valence-corrected chi connectivity index (χ3v) is 2.77. The average Bonchev–Trinajstić information content (AvgIpc) is 2.63. The van der Waals surface area contributed by atoms with Crippen LogP contribution in [0.15, 0.2) is 18.3 Å². The lowest BCUT2D eigenvalue weighted by atomic mass is 9.97. The van der Waals surface area contributed by atoms with Crippen molar-refractivity contribution in [1.29, 1.82) is 0 Å². The Bertz CT molecular complexity index is 525. The number of hydrogen-bond donors (Lipinski definition) is 1. The number of pyridine rings is 1. The predicted molar refractivity (Wildman–Crippen MR) is 72.4 cm³/mol. The smallest absolute Gasteiger partial charge is 0.160 e. The molecule has 0 aliphatic heterocycles. The Hall–Kier alpha value is -1.42. The van der Waals surface area contributed by atoms with Gasteiger partial charge in [-0.1, -0.05) is 20.8 Å². The Balaban J connectivity index is 2.44. The van der Waals surface area contributed by atoms with E-state index >= 15 is 0 Å². The zero-order chi connectivity index (χ0) is 13.2. The Morgan fingerprint density at radius 2 is 2.11 bits per heavy atom. The number of imidazole rings is 1. The van der Waals surface area contributed by atoms with Crippen LogP contribution in [0, 0.1) is 5.41 Å². The second-order valence-corrected chi connectivity index (χ2v) is 5.85. The van der Waals surface area contributed by atoms with Gasteiger partial charge in [-0.25, -0.2) is 9.97 Å². The van der Waals surface area contributed by atoms with Crippen molar-refractivity contribution in [3.05, 3.63) is 24.2 Å². The van der Waals surface area contributed by atoms with Crippen LogP contribution < -0.4 is 0 Å². The lowest BCUT2D eigenvalue weighted by Gasteiger charge is -2.20. The van der Waals surface area contributed by atoms with Gasteiger partial charge in [0, 0.05) is 25.8 Å². The molecule has 0 saturated carbocycles. The highest BCUT2D eigenvalue weighted by Crippen LogP contribution is 2.22. The van der Waals surface area contributed by atoms with Crippen LogP contribution in [0.5, 0.6) is 0 Å². The van der Waals surface area contributed by atoms with Crippen LogP contribution in [0.4, 0.5) is 0 Å². The standard InChI is InChI=1S/C14H21N3O/c1-14(2,3)10-17-12(7-5-9-18)16-11-6-4-8-15-13(11)17/h4,6,8,18H,5,7,9-10H2,1-3H3. The first-order chi connectivity index (χ1) is 8.51. The minimum atomic E-state index is 0.180. The Morgan fingerprint density at radius 3 is 2.78 bits per heavy atom. The maximum Gasteiger partial charge on any atom is 0.160 e. The maximum atomic E-state index is 8.97. The van der Waals surface area contributed by atoms with Gasteiger partial charge in [-0.05, 0) is 24.0 Å². The minimum Gasteiger partial charge on any atom is -0.396 e. The topological polar surface area (TPSA) is 50.9 Å². The van der Waals surface area contributed by atoms with Crippen molar-refractivity contribution >= 4 is 11.2 Å². The van der Waals surface area contributed by atoms with Crippen molar-refractivity contribution < 1.29 is 5.11 Å². The monoisotopic (exact) mass is 247 g/mol. The fourth-order valence-electron chi connectivity index (χ4n) is 2.07. The maximum absolute atomic E-state index is 8.97. The lowest BCUT2D eigenvalue weighted by molar-refractivity contribution is 0.285. The van der Waals surface area contributed by atoms with Gasteiger partial charge >= 0.3 is 0 Å². The van der Waals surface area contributed by atoms with E-state index < -0.39 is 0 Å². The molecule has 18 heavy (non-hydrogen) atoms. The van der Waals surface area contributed by atoms with Crippen molar-refractivity contribution in [2.45, 2.75) is 40.2 Å². The van der Waals surface area contributed by atoms with Crippen LogP contribution in [0.1, 0.15) is 33.0 Å². The summed E-state index contributed by atoms with van der Waals surface area (Å²) in [5, 5.41) is 8.97. The van der Waals surface area contributed by atoms with Gasteiger partial charge in [0.05, 0.1) is 0 Å². The molecule has 2 heterocycles. The van der Waals surface area contributed by atoms with E-state index in [1.54, 1.807) is 6.20 Å². The SMILES string of the molecule is CC(C)(C)Cn1c(CCCO)nc2cccnc21. The van der Waals surface area contributed by atoms with Gasteiger partial charge in [0.1, 0.15) is 11.3 Å². The molecule has 2 aromatic rings. The third kappa shape index (κ3) is 2.88. The first kappa shape index (κ1) is 13.0. The molecule has 4 nitrogen and oxygen atoms in total. The van der Waals surface area contributed by atoms with E-state index in [0.29, 0.717) is 0 Å². The molecule has 0 unspecified atom stereocenters. The van der Waals surface area contributed by atoms with E-state index in [1.165, 1.54) is 0 Å². The van der Waals surface area contributed by atoms with E-state index in [4.69, 9.17) is 5.11 Å². The van der Waals surface area contributed by atoms with Gasteiger partial charge in [-0.3, -0.25) is 0 Å². The van der Waals surface area contributed by atoms with Gasteiger partial charge in [-0.15, -0.1) is 0 Å². The van der Waals surface area contributed by atoms with Crippen molar-refractivity contribution in [3.63, 3.8) is 0 Å². The number of rotatable bonds is 4. The summed E-state index contributed by atoms with van der Waals surface area (Å²) in [6, 6.07) is 3.90. The second kappa shape index (κ2) is 5.06. The van der Waals surface area contributed by atoms with Crippen LogP contribution in [-0.2, 0) is 13.0 Å². The summed E-state index contributed by atoms with van der Waals surface area (Å²) in [5.41, 5.74) is 2.06. The van der Waals surface area contributed by atoms with Crippen molar-refractivity contribution in [2.75, 3.05) is 6.61 Å². The molecule has 2 rings (SSSR count). The highest BCUT2D eigenvalue weighted by molar-refractivity contribution is 5.71. The van der Waals surface area contributed by atoms with Gasteiger partial charge in [0.15, 0.2) is 5.65 Å². The van der Waals surface area contributed by atoms with Gasteiger partial charge in [0.25, 0.3) is 0 Å². The molecule has 0 bridgehead atoms. The average molecular weight is 247 g/mol. The highest BCUT2D eigenvalue weighted by Gasteiger charge is 2.17. The Labute approximate surface area is 108 Å². The molecule has 0 saturated heterocycles. The molecule has 0 atom stereocenters. The first-order valence-corrected chi connectivity index (χ1v) is 6.42. The van der Waals surface area contributed by atoms with Crippen LogP contribution in [0.25, 0.3) is 11.2 Å². The summed E-state index contributed by atoms with van der Waals surface area (Å²) in [5.74, 6) is 1.02. The number of aliphatic hydroxyl groups is 1. The number of aryl methyl sites for hydroxylation is 1. The van der Waals surface area contributed by atoms with E-state index in [0.717, 1.165) is 36.4 Å². The highest BCUT2D eigenvalue weighted by atomic mass is 16.2. The zero-order valence-electron chi connectivity index (χ0n) is 11.3. The lowest BCUT2D eigenvalue weighted by Crippen LogP contribution is -2.18. The first-order valence-electron chi connectivity index (χ1n) is 6.42. The molecule has 0 fully saturated rings. The normalized spacial score (nSPS) is 12.2. The largest absolute Gasteiger partial charge is 0.396 e.